The first-order chi connectivity index (χ1) is 11.5. The number of aliphatic hydroxyl groups excluding tert-OH is 1. The van der Waals surface area contributed by atoms with Gasteiger partial charge in [-0.3, -0.25) is 14.5 Å². The van der Waals surface area contributed by atoms with Crippen LogP contribution in [0.4, 0.5) is 0 Å². The highest BCUT2D eigenvalue weighted by Gasteiger charge is 2.36. The Balaban J connectivity index is 1.62. The predicted octanol–water partition coefficient (Wildman–Crippen LogP) is 2.34. The molecular formula is C19H19NO4. The number of carbonyl (C=O) groups excluding carboxylic acids is 2. The van der Waals surface area contributed by atoms with Gasteiger partial charge in [0, 0.05) is 0 Å². The number of imide groups is 1. The zero-order chi connectivity index (χ0) is 17.3. The quantitative estimate of drug-likeness (QED) is 0.857. The third-order valence-corrected chi connectivity index (χ3v) is 3.91. The van der Waals surface area contributed by atoms with Crippen LogP contribution in [0.3, 0.4) is 0 Å². The van der Waals surface area contributed by atoms with E-state index in [-0.39, 0.29) is 25.0 Å². The van der Waals surface area contributed by atoms with E-state index in [0.717, 1.165) is 16.0 Å². The van der Waals surface area contributed by atoms with Gasteiger partial charge in [-0.25, -0.2) is 0 Å². The molecule has 3 rings (SSSR count). The molecule has 0 spiro atoms. The Hall–Kier alpha value is -2.66. The van der Waals surface area contributed by atoms with Crippen LogP contribution in [0.2, 0.25) is 0 Å². The van der Waals surface area contributed by atoms with Crippen molar-refractivity contribution in [3.63, 3.8) is 0 Å². The standard InChI is InChI=1S/C19H19NO4/c1-12-7-13(2)9-15(8-12)24-11-14(21)10-20-18(22)16-5-3-4-6-17(16)19(20)23/h3-9,14,21H,10-11H2,1-2H3/t14-/m1/s1. The number of rotatable bonds is 5. The summed E-state index contributed by atoms with van der Waals surface area (Å²) in [5.41, 5.74) is 2.90. The number of carbonyl (C=O) groups is 2. The molecule has 1 N–H and O–H groups in total. The van der Waals surface area contributed by atoms with Gasteiger partial charge in [0.25, 0.3) is 11.8 Å². The van der Waals surface area contributed by atoms with Crippen LogP contribution in [0.25, 0.3) is 0 Å². The molecule has 2 aromatic rings. The Kier molecular flexibility index (Phi) is 4.36. The van der Waals surface area contributed by atoms with Gasteiger partial charge < -0.3 is 9.84 Å². The second kappa shape index (κ2) is 6.45. The van der Waals surface area contributed by atoms with Gasteiger partial charge in [0.1, 0.15) is 18.5 Å². The second-order valence-electron chi connectivity index (χ2n) is 6.05. The summed E-state index contributed by atoms with van der Waals surface area (Å²) < 4.78 is 5.59. The molecule has 0 saturated carbocycles. The molecule has 0 radical (unpaired) electrons. The number of hydrogen-bond donors (Lipinski definition) is 1. The number of amides is 2. The van der Waals surface area contributed by atoms with Crippen molar-refractivity contribution < 1.29 is 19.4 Å². The molecule has 24 heavy (non-hydrogen) atoms. The van der Waals surface area contributed by atoms with E-state index in [9.17, 15) is 14.7 Å². The highest BCUT2D eigenvalue weighted by molar-refractivity contribution is 6.21. The Morgan fingerprint density at radius 1 is 1.00 bits per heavy atom. The van der Waals surface area contributed by atoms with E-state index >= 15 is 0 Å². The molecular weight excluding hydrogens is 306 g/mol. The molecule has 5 heteroatoms. The molecule has 124 valence electrons. The van der Waals surface area contributed by atoms with Crippen LogP contribution in [0, 0.1) is 13.8 Å². The second-order valence-corrected chi connectivity index (χ2v) is 6.05. The zero-order valence-corrected chi connectivity index (χ0v) is 13.7. The average molecular weight is 325 g/mol. The van der Waals surface area contributed by atoms with Gasteiger partial charge in [0.05, 0.1) is 17.7 Å². The van der Waals surface area contributed by atoms with Crippen molar-refractivity contribution in [1.29, 1.82) is 0 Å². The highest BCUT2D eigenvalue weighted by Crippen LogP contribution is 2.23. The Bertz CT molecular complexity index is 744. The number of nitrogens with zero attached hydrogens (tertiary/aromatic N) is 1. The van der Waals surface area contributed by atoms with Crippen LogP contribution in [0.1, 0.15) is 31.8 Å². The summed E-state index contributed by atoms with van der Waals surface area (Å²) in [5, 5.41) is 10.2. The summed E-state index contributed by atoms with van der Waals surface area (Å²) in [6.07, 6.45) is -0.951. The van der Waals surface area contributed by atoms with E-state index in [1.54, 1.807) is 24.3 Å². The van der Waals surface area contributed by atoms with Gasteiger partial charge in [-0.05, 0) is 49.2 Å². The minimum absolute atomic E-state index is 0.0102. The number of aliphatic hydroxyl groups is 1. The van der Waals surface area contributed by atoms with Gasteiger partial charge in [-0.2, -0.15) is 0 Å². The lowest BCUT2D eigenvalue weighted by Crippen LogP contribution is -2.39. The average Bonchev–Trinajstić information content (AvgIpc) is 2.78. The summed E-state index contributed by atoms with van der Waals surface area (Å²) in [6.45, 7) is 3.86. The van der Waals surface area contributed by atoms with Crippen LogP contribution in [0.15, 0.2) is 42.5 Å². The van der Waals surface area contributed by atoms with E-state index in [0.29, 0.717) is 16.9 Å². The number of ether oxygens (including phenoxy) is 1. The van der Waals surface area contributed by atoms with Crippen LogP contribution >= 0.6 is 0 Å². The molecule has 0 aliphatic carbocycles. The lowest BCUT2D eigenvalue weighted by Gasteiger charge is -2.19. The maximum atomic E-state index is 12.3. The molecule has 1 heterocycles. The summed E-state index contributed by atoms with van der Waals surface area (Å²) in [6, 6.07) is 12.5. The third kappa shape index (κ3) is 3.16. The van der Waals surface area contributed by atoms with Crippen LogP contribution in [-0.4, -0.2) is 41.1 Å². The van der Waals surface area contributed by atoms with Crippen LogP contribution < -0.4 is 4.74 Å². The van der Waals surface area contributed by atoms with Crippen LogP contribution in [-0.2, 0) is 0 Å². The summed E-state index contributed by atoms with van der Waals surface area (Å²) in [5.74, 6) is -0.0870. The molecule has 2 aromatic carbocycles. The molecule has 1 aliphatic rings. The summed E-state index contributed by atoms with van der Waals surface area (Å²) in [4.78, 5) is 25.6. The fraction of sp³-hybridized carbons (Fsp3) is 0.263. The smallest absolute Gasteiger partial charge is 0.261 e. The minimum atomic E-state index is -0.951. The van der Waals surface area contributed by atoms with Crippen molar-refractivity contribution in [2.75, 3.05) is 13.2 Å². The lowest BCUT2D eigenvalue weighted by atomic mass is 10.1. The number of β-amino-alcohol motifs (C(OH)–C–C–N with tert-alkyl or cyclic N) is 1. The SMILES string of the molecule is Cc1cc(C)cc(OC[C@H](O)CN2C(=O)c3ccccc3C2=O)c1. The molecule has 1 aliphatic heterocycles. The van der Waals surface area contributed by atoms with Crippen molar-refractivity contribution in [1.82, 2.24) is 4.90 Å². The summed E-state index contributed by atoms with van der Waals surface area (Å²) >= 11 is 0. The predicted molar refractivity (Wildman–Crippen MR) is 89.2 cm³/mol. The van der Waals surface area contributed by atoms with Crippen molar-refractivity contribution in [3.05, 3.63) is 64.7 Å². The first-order valence-electron chi connectivity index (χ1n) is 7.80. The first-order valence-corrected chi connectivity index (χ1v) is 7.80. The fourth-order valence-electron chi connectivity index (χ4n) is 2.88. The van der Waals surface area contributed by atoms with E-state index in [2.05, 4.69) is 0 Å². The molecule has 5 nitrogen and oxygen atoms in total. The molecule has 1 atom stereocenters. The largest absolute Gasteiger partial charge is 0.491 e. The number of hydrogen-bond acceptors (Lipinski definition) is 4. The summed E-state index contributed by atoms with van der Waals surface area (Å²) in [7, 11) is 0. The maximum Gasteiger partial charge on any atom is 0.261 e. The first kappa shape index (κ1) is 16.2. The number of fused-ring (bicyclic) bond motifs is 1. The molecule has 0 aromatic heterocycles. The zero-order valence-electron chi connectivity index (χ0n) is 13.7. The molecule has 0 fully saturated rings. The monoisotopic (exact) mass is 325 g/mol. The Labute approximate surface area is 140 Å². The molecule has 0 bridgehead atoms. The molecule has 2 amide bonds. The minimum Gasteiger partial charge on any atom is -0.491 e. The third-order valence-electron chi connectivity index (χ3n) is 3.91. The molecule has 0 unspecified atom stereocenters. The van der Waals surface area contributed by atoms with Gasteiger partial charge in [-0.1, -0.05) is 18.2 Å². The highest BCUT2D eigenvalue weighted by atomic mass is 16.5. The van der Waals surface area contributed by atoms with Gasteiger partial charge in [0.15, 0.2) is 0 Å². The maximum absolute atomic E-state index is 12.3. The number of benzene rings is 2. The van der Waals surface area contributed by atoms with E-state index in [4.69, 9.17) is 4.74 Å². The topological polar surface area (TPSA) is 66.8 Å². The van der Waals surface area contributed by atoms with Crippen molar-refractivity contribution in [2.24, 2.45) is 0 Å². The van der Waals surface area contributed by atoms with Gasteiger partial charge in [0.2, 0.25) is 0 Å². The van der Waals surface area contributed by atoms with E-state index in [1.807, 2.05) is 32.0 Å². The van der Waals surface area contributed by atoms with Crippen LogP contribution in [0.5, 0.6) is 5.75 Å². The Morgan fingerprint density at radius 3 is 2.08 bits per heavy atom. The van der Waals surface area contributed by atoms with Crippen molar-refractivity contribution in [3.8, 4) is 5.75 Å². The normalized spacial score (nSPS) is 14.7. The lowest BCUT2D eigenvalue weighted by molar-refractivity contribution is 0.0457. The van der Waals surface area contributed by atoms with Crippen molar-refractivity contribution in [2.45, 2.75) is 20.0 Å². The van der Waals surface area contributed by atoms with E-state index in [1.165, 1.54) is 0 Å². The van der Waals surface area contributed by atoms with Gasteiger partial charge in [-0.15, -0.1) is 0 Å². The molecule has 0 saturated heterocycles. The van der Waals surface area contributed by atoms with Crippen molar-refractivity contribution >= 4 is 11.8 Å². The Morgan fingerprint density at radius 2 is 1.54 bits per heavy atom. The fourth-order valence-corrected chi connectivity index (χ4v) is 2.88. The van der Waals surface area contributed by atoms with E-state index < -0.39 is 6.10 Å². The van der Waals surface area contributed by atoms with Gasteiger partial charge >= 0.3 is 0 Å². The number of aryl methyl sites for hydroxylation is 2.